The summed E-state index contributed by atoms with van der Waals surface area (Å²) in [7, 11) is 0. The Morgan fingerprint density at radius 1 is 1.53 bits per heavy atom. The minimum absolute atomic E-state index is 0.116. The van der Waals surface area contributed by atoms with Crippen LogP contribution in [0.1, 0.15) is 36.2 Å². The molecule has 1 aliphatic carbocycles. The lowest BCUT2D eigenvalue weighted by Crippen LogP contribution is -2.45. The number of nitrogens with zero attached hydrogens (tertiary/aromatic N) is 1. The summed E-state index contributed by atoms with van der Waals surface area (Å²) in [5, 5.41) is 12.5. The Morgan fingerprint density at radius 3 is 3.00 bits per heavy atom. The van der Waals surface area contributed by atoms with Gasteiger partial charge in [-0.25, -0.2) is 4.98 Å². The van der Waals surface area contributed by atoms with Crippen LogP contribution in [0.2, 0.25) is 0 Å². The van der Waals surface area contributed by atoms with Gasteiger partial charge in [-0.15, -0.1) is 0 Å². The predicted molar refractivity (Wildman–Crippen MR) is 54.3 cm³/mol. The van der Waals surface area contributed by atoms with Gasteiger partial charge in [-0.1, -0.05) is 12.8 Å². The van der Waals surface area contributed by atoms with Gasteiger partial charge in [0, 0.05) is 0 Å². The number of nitrogens with one attached hydrogen (secondary N) is 2. The van der Waals surface area contributed by atoms with Crippen LogP contribution in [0.5, 0.6) is 0 Å². The Bertz CT molecular complexity index is 323. The molecule has 0 radical (unpaired) electrons. The van der Waals surface area contributed by atoms with Gasteiger partial charge in [0.2, 0.25) is 0 Å². The van der Waals surface area contributed by atoms with E-state index in [9.17, 15) is 9.90 Å². The molecule has 0 aliphatic heterocycles. The number of carbonyl (C=O) groups is 1. The second kappa shape index (κ2) is 4.44. The highest BCUT2D eigenvalue weighted by Crippen LogP contribution is 2.18. The van der Waals surface area contributed by atoms with E-state index in [0.29, 0.717) is 5.69 Å². The molecule has 82 valence electrons. The molecule has 1 heterocycles. The Labute approximate surface area is 87.9 Å². The highest BCUT2D eigenvalue weighted by Gasteiger charge is 2.24. The van der Waals surface area contributed by atoms with E-state index in [2.05, 4.69) is 15.3 Å². The quantitative estimate of drug-likeness (QED) is 0.661. The summed E-state index contributed by atoms with van der Waals surface area (Å²) in [6, 6.07) is -0.116. The lowest BCUT2D eigenvalue weighted by atomic mass is 9.92. The van der Waals surface area contributed by atoms with Gasteiger partial charge >= 0.3 is 0 Å². The number of rotatable bonds is 2. The van der Waals surface area contributed by atoms with Crippen molar-refractivity contribution >= 4 is 5.91 Å². The normalized spacial score (nSPS) is 26.2. The molecule has 1 aromatic rings. The summed E-state index contributed by atoms with van der Waals surface area (Å²) in [6.07, 6.45) is 6.25. The summed E-state index contributed by atoms with van der Waals surface area (Å²) < 4.78 is 0. The van der Waals surface area contributed by atoms with E-state index < -0.39 is 6.10 Å². The molecule has 15 heavy (non-hydrogen) atoms. The number of aliphatic hydroxyl groups excluding tert-OH is 1. The zero-order valence-electron chi connectivity index (χ0n) is 8.44. The molecule has 2 unspecified atom stereocenters. The maximum Gasteiger partial charge on any atom is 0.269 e. The Kier molecular flexibility index (Phi) is 3.01. The molecule has 1 fully saturated rings. The smallest absolute Gasteiger partial charge is 0.269 e. The van der Waals surface area contributed by atoms with Crippen LogP contribution in [0.25, 0.3) is 0 Å². The van der Waals surface area contributed by atoms with Crippen LogP contribution < -0.4 is 5.32 Å². The van der Waals surface area contributed by atoms with Gasteiger partial charge in [-0.05, 0) is 12.8 Å². The summed E-state index contributed by atoms with van der Waals surface area (Å²) >= 11 is 0. The summed E-state index contributed by atoms with van der Waals surface area (Å²) in [5.41, 5.74) is 0.438. The number of carbonyl (C=O) groups excluding carboxylic acids is 1. The van der Waals surface area contributed by atoms with Crippen molar-refractivity contribution in [1.29, 1.82) is 0 Å². The van der Waals surface area contributed by atoms with Crippen molar-refractivity contribution in [3.05, 3.63) is 18.2 Å². The average molecular weight is 209 g/mol. The van der Waals surface area contributed by atoms with E-state index in [0.717, 1.165) is 25.7 Å². The minimum atomic E-state index is -0.411. The highest BCUT2D eigenvalue weighted by molar-refractivity contribution is 5.92. The summed E-state index contributed by atoms with van der Waals surface area (Å²) in [6.45, 7) is 0. The van der Waals surface area contributed by atoms with Gasteiger partial charge in [-0.2, -0.15) is 0 Å². The van der Waals surface area contributed by atoms with Crippen molar-refractivity contribution in [1.82, 2.24) is 15.3 Å². The van der Waals surface area contributed by atoms with Gasteiger partial charge in [0.1, 0.15) is 5.69 Å². The third-order valence-electron chi connectivity index (χ3n) is 2.79. The number of hydrogen-bond donors (Lipinski definition) is 3. The van der Waals surface area contributed by atoms with Gasteiger partial charge in [0.05, 0.1) is 24.7 Å². The SMILES string of the molecule is O=C(NC1CCCCC1O)c1cnc[nH]1. The first kappa shape index (κ1) is 10.2. The van der Waals surface area contributed by atoms with Crippen LogP contribution in [0, 0.1) is 0 Å². The van der Waals surface area contributed by atoms with Crippen LogP contribution in [-0.4, -0.2) is 33.1 Å². The summed E-state index contributed by atoms with van der Waals surface area (Å²) in [5.74, 6) is -0.196. The van der Waals surface area contributed by atoms with E-state index in [1.165, 1.54) is 12.5 Å². The number of aliphatic hydroxyl groups is 1. The molecule has 1 saturated carbocycles. The molecule has 5 nitrogen and oxygen atoms in total. The monoisotopic (exact) mass is 209 g/mol. The molecule has 0 aromatic carbocycles. The van der Waals surface area contributed by atoms with Crippen LogP contribution in [0.4, 0.5) is 0 Å². The number of H-pyrrole nitrogens is 1. The van der Waals surface area contributed by atoms with Crippen molar-refractivity contribution in [3.8, 4) is 0 Å². The van der Waals surface area contributed by atoms with E-state index in [4.69, 9.17) is 0 Å². The number of hydrogen-bond acceptors (Lipinski definition) is 3. The first-order valence-electron chi connectivity index (χ1n) is 5.24. The lowest BCUT2D eigenvalue weighted by Gasteiger charge is -2.28. The summed E-state index contributed by atoms with van der Waals surface area (Å²) in [4.78, 5) is 18.1. The molecule has 2 atom stereocenters. The van der Waals surface area contributed by atoms with Crippen molar-refractivity contribution < 1.29 is 9.90 Å². The molecule has 1 amide bonds. The fourth-order valence-corrected chi connectivity index (χ4v) is 1.91. The standard InChI is InChI=1S/C10H15N3O2/c14-9-4-2-1-3-7(9)13-10(15)8-5-11-6-12-8/h5-7,9,14H,1-4H2,(H,11,12)(H,13,15). The van der Waals surface area contributed by atoms with E-state index >= 15 is 0 Å². The number of aromatic amines is 1. The minimum Gasteiger partial charge on any atom is -0.391 e. The predicted octanol–water partition coefficient (Wildman–Crippen LogP) is 0.443. The van der Waals surface area contributed by atoms with Crippen molar-refractivity contribution in [2.45, 2.75) is 37.8 Å². The molecular weight excluding hydrogens is 194 g/mol. The van der Waals surface area contributed by atoms with Crippen molar-refractivity contribution in [3.63, 3.8) is 0 Å². The Balaban J connectivity index is 1.93. The van der Waals surface area contributed by atoms with E-state index in [-0.39, 0.29) is 11.9 Å². The molecule has 0 saturated heterocycles. The Hall–Kier alpha value is -1.36. The molecule has 3 N–H and O–H groups in total. The van der Waals surface area contributed by atoms with Crippen molar-refractivity contribution in [2.24, 2.45) is 0 Å². The second-order valence-corrected chi connectivity index (χ2v) is 3.90. The number of amides is 1. The van der Waals surface area contributed by atoms with Crippen LogP contribution in [-0.2, 0) is 0 Å². The molecule has 1 aromatic heterocycles. The fraction of sp³-hybridized carbons (Fsp3) is 0.600. The first-order valence-corrected chi connectivity index (χ1v) is 5.24. The van der Waals surface area contributed by atoms with E-state index in [1.807, 2.05) is 0 Å². The number of aromatic nitrogens is 2. The number of imidazole rings is 1. The molecule has 2 rings (SSSR count). The Morgan fingerprint density at radius 2 is 2.33 bits per heavy atom. The third-order valence-corrected chi connectivity index (χ3v) is 2.79. The van der Waals surface area contributed by atoms with Crippen LogP contribution >= 0.6 is 0 Å². The van der Waals surface area contributed by atoms with Gasteiger partial charge in [0.15, 0.2) is 0 Å². The second-order valence-electron chi connectivity index (χ2n) is 3.90. The maximum atomic E-state index is 11.6. The molecule has 0 bridgehead atoms. The first-order chi connectivity index (χ1) is 7.27. The van der Waals surface area contributed by atoms with Crippen LogP contribution in [0.15, 0.2) is 12.5 Å². The average Bonchev–Trinajstić information content (AvgIpc) is 2.74. The molecule has 0 spiro atoms. The molecule has 5 heteroatoms. The van der Waals surface area contributed by atoms with E-state index in [1.54, 1.807) is 0 Å². The topological polar surface area (TPSA) is 78.0 Å². The molecule has 1 aliphatic rings. The lowest BCUT2D eigenvalue weighted by molar-refractivity contribution is 0.0714. The van der Waals surface area contributed by atoms with Crippen LogP contribution in [0.3, 0.4) is 0 Å². The van der Waals surface area contributed by atoms with Gasteiger partial charge < -0.3 is 15.4 Å². The largest absolute Gasteiger partial charge is 0.391 e. The fourth-order valence-electron chi connectivity index (χ4n) is 1.91. The van der Waals surface area contributed by atoms with Gasteiger partial charge in [0.25, 0.3) is 5.91 Å². The van der Waals surface area contributed by atoms with Gasteiger partial charge in [-0.3, -0.25) is 4.79 Å². The third kappa shape index (κ3) is 2.36. The zero-order valence-corrected chi connectivity index (χ0v) is 8.44. The van der Waals surface area contributed by atoms with Crippen molar-refractivity contribution in [2.75, 3.05) is 0 Å². The highest BCUT2D eigenvalue weighted by atomic mass is 16.3. The maximum absolute atomic E-state index is 11.6. The zero-order chi connectivity index (χ0) is 10.7. The molecular formula is C10H15N3O2.